The summed E-state index contributed by atoms with van der Waals surface area (Å²) in [5.74, 6) is 0.243. The molecule has 0 saturated carbocycles. The van der Waals surface area contributed by atoms with Crippen molar-refractivity contribution in [1.82, 2.24) is 4.90 Å². The van der Waals surface area contributed by atoms with Gasteiger partial charge in [-0.3, -0.25) is 4.79 Å². The Bertz CT molecular complexity index is 710. The molecule has 0 radical (unpaired) electrons. The number of amides is 1. The molecule has 1 amide bonds. The molecule has 1 aliphatic heterocycles. The van der Waals surface area contributed by atoms with Crippen molar-refractivity contribution in [3.8, 4) is 0 Å². The van der Waals surface area contributed by atoms with Crippen LogP contribution in [0.1, 0.15) is 42.7 Å². The van der Waals surface area contributed by atoms with Crippen molar-refractivity contribution in [2.45, 2.75) is 37.6 Å². The highest BCUT2D eigenvalue weighted by molar-refractivity contribution is 9.10. The lowest BCUT2D eigenvalue weighted by molar-refractivity contribution is -0.138. The smallest absolute Gasteiger partial charge is 0.224 e. The van der Waals surface area contributed by atoms with E-state index >= 15 is 0 Å². The van der Waals surface area contributed by atoms with Crippen LogP contribution in [0.5, 0.6) is 0 Å². The van der Waals surface area contributed by atoms with Gasteiger partial charge in [0.15, 0.2) is 0 Å². The molecule has 2 atom stereocenters. The first-order chi connectivity index (χ1) is 11.6. The van der Waals surface area contributed by atoms with Crippen LogP contribution in [-0.2, 0) is 10.2 Å². The lowest BCUT2D eigenvalue weighted by atomic mass is 9.73. The normalized spacial score (nSPS) is 22.4. The number of carbonyl (C=O) groups is 1. The first-order valence-corrected chi connectivity index (χ1v) is 9.93. The highest BCUT2D eigenvalue weighted by Crippen LogP contribution is 2.43. The van der Waals surface area contributed by atoms with Gasteiger partial charge in [0.25, 0.3) is 0 Å². The van der Waals surface area contributed by atoms with E-state index in [2.05, 4.69) is 59.1 Å². The Labute approximate surface area is 156 Å². The lowest BCUT2D eigenvalue weighted by Crippen LogP contribution is -2.46. The van der Waals surface area contributed by atoms with E-state index in [1.807, 2.05) is 23.1 Å². The summed E-state index contributed by atoms with van der Waals surface area (Å²) in [7, 11) is 0. The summed E-state index contributed by atoms with van der Waals surface area (Å²) >= 11 is 5.22. The Hall–Kier alpha value is -1.39. The van der Waals surface area contributed by atoms with Crippen molar-refractivity contribution in [2.75, 3.05) is 6.54 Å². The second kappa shape index (κ2) is 7.24. The molecule has 0 unspecified atom stereocenters. The summed E-state index contributed by atoms with van der Waals surface area (Å²) in [6, 6.07) is 12.6. The van der Waals surface area contributed by atoms with Gasteiger partial charge in [-0.25, -0.2) is 0 Å². The fourth-order valence-electron chi connectivity index (χ4n) is 3.61. The SMILES string of the molecule is C=CC[C@]1(c2cccs2)CCN([C@@H](C)c2ccc(Br)cc2)C(=O)C1. The summed E-state index contributed by atoms with van der Waals surface area (Å²) in [5, 5.41) is 2.10. The van der Waals surface area contributed by atoms with E-state index in [0.29, 0.717) is 6.42 Å². The summed E-state index contributed by atoms with van der Waals surface area (Å²) in [5.41, 5.74) is 1.11. The maximum Gasteiger partial charge on any atom is 0.224 e. The number of benzene rings is 1. The molecule has 1 aromatic heterocycles. The standard InChI is InChI=1S/C20H22BrNOS/c1-3-10-20(18-5-4-13-24-18)11-12-22(19(23)14-20)15(2)16-6-8-17(21)9-7-16/h3-9,13,15H,1,10-12,14H2,2H3/t15-,20-/m0/s1. The van der Waals surface area contributed by atoms with Crippen LogP contribution in [-0.4, -0.2) is 17.4 Å². The minimum atomic E-state index is -0.0665. The van der Waals surface area contributed by atoms with E-state index in [9.17, 15) is 4.79 Å². The monoisotopic (exact) mass is 403 g/mol. The van der Waals surface area contributed by atoms with Gasteiger partial charge in [-0.05, 0) is 48.9 Å². The van der Waals surface area contributed by atoms with E-state index < -0.39 is 0 Å². The Morgan fingerprint density at radius 3 is 2.71 bits per heavy atom. The van der Waals surface area contributed by atoms with Gasteiger partial charge in [-0.15, -0.1) is 17.9 Å². The number of hydrogen-bond donors (Lipinski definition) is 0. The van der Waals surface area contributed by atoms with Gasteiger partial charge >= 0.3 is 0 Å². The molecule has 2 nitrogen and oxygen atoms in total. The third-order valence-electron chi connectivity index (χ3n) is 5.04. The van der Waals surface area contributed by atoms with Gasteiger partial charge in [-0.2, -0.15) is 0 Å². The first-order valence-electron chi connectivity index (χ1n) is 8.25. The summed E-state index contributed by atoms with van der Waals surface area (Å²) in [6.45, 7) is 6.83. The fourth-order valence-corrected chi connectivity index (χ4v) is 4.84. The maximum atomic E-state index is 12.9. The molecule has 24 heavy (non-hydrogen) atoms. The molecule has 4 heteroatoms. The number of allylic oxidation sites excluding steroid dienone is 1. The highest BCUT2D eigenvalue weighted by Gasteiger charge is 2.41. The van der Waals surface area contributed by atoms with Gasteiger partial charge in [0.05, 0.1) is 6.04 Å². The largest absolute Gasteiger partial charge is 0.336 e. The second-order valence-corrected chi connectivity index (χ2v) is 8.36. The van der Waals surface area contributed by atoms with Crippen molar-refractivity contribution in [3.05, 3.63) is 69.3 Å². The average Bonchev–Trinajstić information content (AvgIpc) is 3.10. The topological polar surface area (TPSA) is 20.3 Å². The number of hydrogen-bond acceptors (Lipinski definition) is 2. The van der Waals surface area contributed by atoms with Crippen LogP contribution in [0.4, 0.5) is 0 Å². The van der Waals surface area contributed by atoms with E-state index in [1.165, 1.54) is 10.4 Å². The first kappa shape index (κ1) is 17.4. The average molecular weight is 404 g/mol. The molecule has 0 N–H and O–H groups in total. The zero-order valence-electron chi connectivity index (χ0n) is 13.9. The summed E-state index contributed by atoms with van der Waals surface area (Å²) in [4.78, 5) is 16.3. The Kier molecular flexibility index (Phi) is 5.26. The van der Waals surface area contributed by atoms with Crippen LogP contribution >= 0.6 is 27.3 Å². The number of halogens is 1. The minimum Gasteiger partial charge on any atom is -0.336 e. The number of rotatable bonds is 5. The second-order valence-electron chi connectivity index (χ2n) is 6.49. The van der Waals surface area contributed by atoms with Gasteiger partial charge < -0.3 is 4.90 Å². The van der Waals surface area contributed by atoms with E-state index in [-0.39, 0.29) is 17.4 Å². The number of nitrogens with zero attached hydrogens (tertiary/aromatic N) is 1. The van der Waals surface area contributed by atoms with Crippen LogP contribution in [0.15, 0.2) is 58.9 Å². The number of thiophene rings is 1. The summed E-state index contributed by atoms with van der Waals surface area (Å²) < 4.78 is 1.06. The molecule has 3 rings (SSSR count). The van der Waals surface area contributed by atoms with Gasteiger partial charge in [-0.1, -0.05) is 40.2 Å². The third kappa shape index (κ3) is 3.35. The molecule has 1 fully saturated rings. The van der Waals surface area contributed by atoms with Crippen LogP contribution in [0.3, 0.4) is 0 Å². The minimum absolute atomic E-state index is 0.0665. The van der Waals surface area contributed by atoms with Crippen molar-refractivity contribution < 1.29 is 4.79 Å². The zero-order chi connectivity index (χ0) is 17.2. The molecule has 1 saturated heterocycles. The van der Waals surface area contributed by atoms with Crippen LogP contribution in [0.2, 0.25) is 0 Å². The number of piperidine rings is 1. The van der Waals surface area contributed by atoms with Gasteiger partial charge in [0, 0.05) is 27.7 Å². The molecular weight excluding hydrogens is 382 g/mol. The molecule has 0 spiro atoms. The Morgan fingerprint density at radius 1 is 1.38 bits per heavy atom. The molecule has 1 aliphatic rings. The third-order valence-corrected chi connectivity index (χ3v) is 6.68. The Balaban J connectivity index is 1.80. The van der Waals surface area contributed by atoms with E-state index in [1.54, 1.807) is 11.3 Å². The van der Waals surface area contributed by atoms with E-state index in [0.717, 1.165) is 23.9 Å². The zero-order valence-corrected chi connectivity index (χ0v) is 16.3. The predicted octanol–water partition coefficient (Wildman–Crippen LogP) is 5.71. The van der Waals surface area contributed by atoms with Crippen LogP contribution in [0.25, 0.3) is 0 Å². The number of likely N-dealkylation sites (tertiary alicyclic amines) is 1. The van der Waals surface area contributed by atoms with Crippen molar-refractivity contribution in [2.24, 2.45) is 0 Å². The molecular formula is C20H22BrNOS. The van der Waals surface area contributed by atoms with Gasteiger partial charge in [0.1, 0.15) is 0 Å². The van der Waals surface area contributed by atoms with Crippen LogP contribution < -0.4 is 0 Å². The van der Waals surface area contributed by atoms with Crippen molar-refractivity contribution in [3.63, 3.8) is 0 Å². The van der Waals surface area contributed by atoms with Crippen molar-refractivity contribution in [1.29, 1.82) is 0 Å². The molecule has 0 aliphatic carbocycles. The molecule has 2 heterocycles. The highest BCUT2D eigenvalue weighted by atomic mass is 79.9. The fraction of sp³-hybridized carbons (Fsp3) is 0.350. The summed E-state index contributed by atoms with van der Waals surface area (Å²) in [6.07, 6.45) is 4.38. The lowest BCUT2D eigenvalue weighted by Gasteiger charge is -2.43. The molecule has 1 aromatic carbocycles. The number of carbonyl (C=O) groups excluding carboxylic acids is 1. The predicted molar refractivity (Wildman–Crippen MR) is 104 cm³/mol. The van der Waals surface area contributed by atoms with Gasteiger partial charge in [0.2, 0.25) is 5.91 Å². The van der Waals surface area contributed by atoms with Crippen molar-refractivity contribution >= 4 is 33.2 Å². The molecule has 126 valence electrons. The van der Waals surface area contributed by atoms with Crippen LogP contribution in [0, 0.1) is 0 Å². The molecule has 2 aromatic rings. The Morgan fingerprint density at radius 2 is 2.12 bits per heavy atom. The molecule has 0 bridgehead atoms. The quantitative estimate of drug-likeness (QED) is 0.585. The maximum absolute atomic E-state index is 12.9. The van der Waals surface area contributed by atoms with E-state index in [4.69, 9.17) is 0 Å².